The van der Waals surface area contributed by atoms with Crippen molar-refractivity contribution in [2.45, 2.75) is 18.7 Å². The first kappa shape index (κ1) is 16.6. The van der Waals surface area contributed by atoms with Crippen LogP contribution in [0.1, 0.15) is 11.1 Å². The number of fused-ring (bicyclic) bond motifs is 1. The average molecular weight is 349 g/mol. The molecule has 0 saturated heterocycles. The van der Waals surface area contributed by atoms with Gasteiger partial charge in [0.25, 0.3) is 0 Å². The Bertz CT molecular complexity index is 848. The van der Waals surface area contributed by atoms with Crippen LogP contribution >= 0.6 is 0 Å². The van der Waals surface area contributed by atoms with Crippen LogP contribution in [0.4, 0.5) is 0 Å². The minimum absolute atomic E-state index is 0.107. The van der Waals surface area contributed by atoms with Crippen molar-refractivity contribution in [3.8, 4) is 17.2 Å². The third-order valence-corrected chi connectivity index (χ3v) is 5.32. The van der Waals surface area contributed by atoms with E-state index >= 15 is 0 Å². The molecule has 1 heterocycles. The second-order valence-corrected chi connectivity index (χ2v) is 7.23. The van der Waals surface area contributed by atoms with Crippen molar-refractivity contribution in [3.05, 3.63) is 47.5 Å². The molecule has 0 fully saturated rings. The minimum atomic E-state index is -3.62. The Kier molecular flexibility index (Phi) is 4.64. The number of ether oxygens (including phenoxy) is 3. The summed E-state index contributed by atoms with van der Waals surface area (Å²) in [6.07, 6.45) is 0. The summed E-state index contributed by atoms with van der Waals surface area (Å²) in [5.41, 5.74) is 2.18. The van der Waals surface area contributed by atoms with Crippen LogP contribution in [-0.4, -0.2) is 28.4 Å². The Labute approximate surface area is 141 Å². The van der Waals surface area contributed by atoms with Gasteiger partial charge in [-0.05, 0) is 43.2 Å². The van der Waals surface area contributed by atoms with Gasteiger partial charge in [0.05, 0.1) is 4.90 Å². The van der Waals surface area contributed by atoms with Gasteiger partial charge < -0.3 is 14.2 Å². The predicted octanol–water partition coefficient (Wildman–Crippen LogP) is 2.39. The van der Waals surface area contributed by atoms with Gasteiger partial charge in [-0.2, -0.15) is 0 Å². The molecule has 7 heteroatoms. The van der Waals surface area contributed by atoms with Crippen LogP contribution in [0.15, 0.2) is 41.3 Å². The number of nitrogens with one attached hydrogen (secondary N) is 1. The van der Waals surface area contributed by atoms with E-state index in [0.717, 1.165) is 16.9 Å². The number of hydrogen-bond donors (Lipinski definition) is 1. The SMILES string of the molecule is Cc1cccc(OCCNS(=O)(=O)c2ccc3c(c2)OCO3)c1C. The van der Waals surface area contributed by atoms with E-state index in [0.29, 0.717) is 11.5 Å². The molecule has 0 aliphatic carbocycles. The van der Waals surface area contributed by atoms with E-state index in [1.54, 1.807) is 6.07 Å². The second kappa shape index (κ2) is 6.70. The van der Waals surface area contributed by atoms with Gasteiger partial charge >= 0.3 is 0 Å². The fraction of sp³-hybridized carbons (Fsp3) is 0.294. The summed E-state index contributed by atoms with van der Waals surface area (Å²) in [4.78, 5) is 0.137. The third-order valence-electron chi connectivity index (χ3n) is 3.86. The first-order valence-electron chi connectivity index (χ1n) is 7.56. The zero-order valence-corrected chi connectivity index (χ0v) is 14.4. The number of aryl methyl sites for hydroxylation is 1. The lowest BCUT2D eigenvalue weighted by molar-refractivity contribution is 0.174. The molecule has 2 aromatic carbocycles. The van der Waals surface area contributed by atoms with Crippen LogP contribution in [0, 0.1) is 13.8 Å². The van der Waals surface area contributed by atoms with Crippen molar-refractivity contribution < 1.29 is 22.6 Å². The van der Waals surface area contributed by atoms with Gasteiger partial charge in [-0.3, -0.25) is 0 Å². The van der Waals surface area contributed by atoms with Crippen LogP contribution in [0.2, 0.25) is 0 Å². The summed E-state index contributed by atoms with van der Waals surface area (Å²) >= 11 is 0. The molecule has 2 aromatic rings. The number of rotatable bonds is 6. The van der Waals surface area contributed by atoms with Crippen molar-refractivity contribution in [1.29, 1.82) is 0 Å². The summed E-state index contributed by atoms with van der Waals surface area (Å²) in [5.74, 6) is 1.74. The smallest absolute Gasteiger partial charge is 0.240 e. The van der Waals surface area contributed by atoms with E-state index in [-0.39, 0.29) is 24.8 Å². The maximum atomic E-state index is 12.3. The first-order chi connectivity index (χ1) is 11.5. The van der Waals surface area contributed by atoms with Crippen LogP contribution in [-0.2, 0) is 10.0 Å². The molecular weight excluding hydrogens is 330 g/mol. The van der Waals surface area contributed by atoms with E-state index in [1.165, 1.54) is 12.1 Å². The van der Waals surface area contributed by atoms with E-state index < -0.39 is 10.0 Å². The molecule has 0 spiro atoms. The monoisotopic (exact) mass is 349 g/mol. The van der Waals surface area contributed by atoms with Crippen molar-refractivity contribution in [2.24, 2.45) is 0 Å². The quantitative estimate of drug-likeness (QED) is 0.811. The molecule has 1 aliphatic heterocycles. The van der Waals surface area contributed by atoms with E-state index in [1.807, 2.05) is 32.0 Å². The lowest BCUT2D eigenvalue weighted by Gasteiger charge is -2.12. The van der Waals surface area contributed by atoms with Crippen molar-refractivity contribution >= 4 is 10.0 Å². The molecule has 0 bridgehead atoms. The topological polar surface area (TPSA) is 73.9 Å². The Hall–Kier alpha value is -2.25. The number of benzene rings is 2. The van der Waals surface area contributed by atoms with Gasteiger partial charge in [0, 0.05) is 12.6 Å². The third kappa shape index (κ3) is 3.47. The lowest BCUT2D eigenvalue weighted by atomic mass is 10.1. The highest BCUT2D eigenvalue weighted by molar-refractivity contribution is 7.89. The summed E-state index contributed by atoms with van der Waals surface area (Å²) in [7, 11) is -3.62. The van der Waals surface area contributed by atoms with Crippen LogP contribution in [0.25, 0.3) is 0 Å². The van der Waals surface area contributed by atoms with Crippen molar-refractivity contribution in [3.63, 3.8) is 0 Å². The summed E-state index contributed by atoms with van der Waals surface area (Å²) in [5, 5.41) is 0. The molecular formula is C17H19NO5S. The Morgan fingerprint density at radius 2 is 1.92 bits per heavy atom. The van der Waals surface area contributed by atoms with Gasteiger partial charge in [0.2, 0.25) is 16.8 Å². The van der Waals surface area contributed by atoms with Gasteiger partial charge in [-0.15, -0.1) is 0 Å². The van der Waals surface area contributed by atoms with Crippen LogP contribution in [0.5, 0.6) is 17.2 Å². The zero-order chi connectivity index (χ0) is 17.2. The summed E-state index contributed by atoms with van der Waals surface area (Å²) in [6, 6.07) is 10.3. The molecule has 0 atom stereocenters. The Morgan fingerprint density at radius 1 is 1.12 bits per heavy atom. The van der Waals surface area contributed by atoms with Crippen molar-refractivity contribution in [2.75, 3.05) is 19.9 Å². The molecule has 0 radical (unpaired) electrons. The fourth-order valence-corrected chi connectivity index (χ4v) is 3.37. The molecule has 6 nitrogen and oxygen atoms in total. The predicted molar refractivity (Wildman–Crippen MR) is 89.2 cm³/mol. The van der Waals surface area contributed by atoms with E-state index in [4.69, 9.17) is 14.2 Å². The minimum Gasteiger partial charge on any atom is -0.492 e. The highest BCUT2D eigenvalue weighted by Crippen LogP contribution is 2.33. The zero-order valence-electron chi connectivity index (χ0n) is 13.5. The van der Waals surface area contributed by atoms with Gasteiger partial charge in [0.15, 0.2) is 11.5 Å². The lowest BCUT2D eigenvalue weighted by Crippen LogP contribution is -2.28. The number of hydrogen-bond acceptors (Lipinski definition) is 5. The first-order valence-corrected chi connectivity index (χ1v) is 9.04. The molecule has 24 heavy (non-hydrogen) atoms. The maximum absolute atomic E-state index is 12.3. The molecule has 0 aromatic heterocycles. The summed E-state index contributed by atoms with van der Waals surface area (Å²) < 4.78 is 43.2. The Morgan fingerprint density at radius 3 is 2.75 bits per heavy atom. The molecule has 0 amide bonds. The highest BCUT2D eigenvalue weighted by atomic mass is 32.2. The molecule has 128 valence electrons. The van der Waals surface area contributed by atoms with E-state index in [2.05, 4.69) is 4.72 Å². The number of sulfonamides is 1. The molecule has 1 N–H and O–H groups in total. The van der Waals surface area contributed by atoms with Gasteiger partial charge in [-0.1, -0.05) is 12.1 Å². The molecule has 3 rings (SSSR count). The maximum Gasteiger partial charge on any atom is 0.240 e. The van der Waals surface area contributed by atoms with E-state index in [9.17, 15) is 8.42 Å². The van der Waals surface area contributed by atoms with Crippen molar-refractivity contribution in [1.82, 2.24) is 4.72 Å². The van der Waals surface area contributed by atoms with Gasteiger partial charge in [0.1, 0.15) is 12.4 Å². The normalized spacial score (nSPS) is 13.1. The molecule has 1 aliphatic rings. The largest absolute Gasteiger partial charge is 0.492 e. The standard InChI is InChI=1S/C17H19NO5S/c1-12-4-3-5-15(13(12)2)21-9-8-18-24(19,20)14-6-7-16-17(10-14)23-11-22-16/h3-7,10,18H,8-9,11H2,1-2H3. The second-order valence-electron chi connectivity index (χ2n) is 5.46. The van der Waals surface area contributed by atoms with Crippen LogP contribution < -0.4 is 18.9 Å². The molecule has 0 saturated carbocycles. The van der Waals surface area contributed by atoms with Crippen LogP contribution in [0.3, 0.4) is 0 Å². The molecule has 0 unspecified atom stereocenters. The van der Waals surface area contributed by atoms with Gasteiger partial charge in [-0.25, -0.2) is 13.1 Å². The Balaban J connectivity index is 1.58. The highest BCUT2D eigenvalue weighted by Gasteiger charge is 2.19. The average Bonchev–Trinajstić information content (AvgIpc) is 3.03. The summed E-state index contributed by atoms with van der Waals surface area (Å²) in [6.45, 7) is 4.50. The fourth-order valence-electron chi connectivity index (χ4n) is 2.34.